The van der Waals surface area contributed by atoms with Crippen LogP contribution in [0.25, 0.3) is 0 Å². The van der Waals surface area contributed by atoms with Crippen molar-refractivity contribution < 1.29 is 21.6 Å². The van der Waals surface area contributed by atoms with Gasteiger partial charge in [0.2, 0.25) is 10.0 Å². The Bertz CT molecular complexity index is 728. The summed E-state index contributed by atoms with van der Waals surface area (Å²) in [5.41, 5.74) is -0.267. The van der Waals surface area contributed by atoms with Crippen LogP contribution >= 0.6 is 0 Å². The van der Waals surface area contributed by atoms with E-state index in [0.717, 1.165) is 23.8 Å². The van der Waals surface area contributed by atoms with Crippen LogP contribution in [0.3, 0.4) is 0 Å². The summed E-state index contributed by atoms with van der Waals surface area (Å²) in [6.45, 7) is 0.0263. The average molecular weight is 329 g/mol. The Hall–Kier alpha value is -1.86. The molecule has 0 unspecified atom stereocenters. The van der Waals surface area contributed by atoms with Crippen molar-refractivity contribution in [3.8, 4) is 0 Å². The first kappa shape index (κ1) is 16.5. The lowest BCUT2D eigenvalue weighted by atomic mass is 10.2. The highest BCUT2D eigenvalue weighted by Crippen LogP contribution is 2.33. The molecule has 118 valence electrons. The summed E-state index contributed by atoms with van der Waals surface area (Å²) in [4.78, 5) is -0.754. The Morgan fingerprint density at radius 3 is 2.14 bits per heavy atom. The number of hydrogen-bond donors (Lipinski definition) is 1. The van der Waals surface area contributed by atoms with Crippen LogP contribution in [-0.2, 0) is 22.6 Å². The number of hydrogen-bond acceptors (Lipinski definition) is 2. The number of halogens is 3. The highest BCUT2D eigenvalue weighted by atomic mass is 32.2. The molecule has 2 aromatic rings. The largest absolute Gasteiger partial charge is 0.417 e. The third-order valence-corrected chi connectivity index (χ3v) is 4.55. The fourth-order valence-corrected chi connectivity index (χ4v) is 3.24. The maximum Gasteiger partial charge on any atom is 0.417 e. The number of sulfonamides is 1. The van der Waals surface area contributed by atoms with Gasteiger partial charge >= 0.3 is 6.18 Å². The van der Waals surface area contributed by atoms with Crippen molar-refractivity contribution in [2.45, 2.75) is 17.5 Å². The molecule has 0 aromatic heterocycles. The van der Waals surface area contributed by atoms with E-state index in [2.05, 4.69) is 4.72 Å². The number of benzene rings is 2. The van der Waals surface area contributed by atoms with E-state index >= 15 is 0 Å². The molecule has 0 aliphatic heterocycles. The third-order valence-electron chi connectivity index (χ3n) is 3.03. The van der Waals surface area contributed by atoms with Gasteiger partial charge in [-0.15, -0.1) is 0 Å². The summed E-state index contributed by atoms with van der Waals surface area (Å²) in [6, 6.07) is 13.2. The predicted octanol–water partition coefficient (Wildman–Crippen LogP) is 3.23. The Morgan fingerprint density at radius 1 is 0.909 bits per heavy atom. The van der Waals surface area contributed by atoms with Crippen molar-refractivity contribution in [3.63, 3.8) is 0 Å². The zero-order valence-electron chi connectivity index (χ0n) is 11.5. The second-order valence-electron chi connectivity index (χ2n) is 4.63. The summed E-state index contributed by atoms with van der Waals surface area (Å²) in [5.74, 6) is 0. The van der Waals surface area contributed by atoms with Crippen molar-refractivity contribution >= 4 is 10.0 Å². The lowest BCUT2D eigenvalue weighted by Gasteiger charge is -2.13. The van der Waals surface area contributed by atoms with Crippen molar-refractivity contribution in [2.24, 2.45) is 0 Å². The maximum absolute atomic E-state index is 12.9. The summed E-state index contributed by atoms with van der Waals surface area (Å²) >= 11 is 0. The molecule has 0 atom stereocenters. The van der Waals surface area contributed by atoms with Crippen LogP contribution in [0.1, 0.15) is 11.1 Å². The van der Waals surface area contributed by atoms with E-state index in [1.54, 1.807) is 0 Å². The summed E-state index contributed by atoms with van der Waals surface area (Å²) in [7, 11) is -4.21. The van der Waals surface area contributed by atoms with Crippen LogP contribution in [-0.4, -0.2) is 15.0 Å². The summed E-state index contributed by atoms with van der Waals surface area (Å²) in [6.07, 6.45) is -4.32. The lowest BCUT2D eigenvalue weighted by molar-refractivity contribution is -0.139. The second kappa shape index (κ2) is 6.50. The minimum atomic E-state index is -4.72. The van der Waals surface area contributed by atoms with E-state index in [0.29, 0.717) is 6.42 Å². The van der Waals surface area contributed by atoms with Gasteiger partial charge in [-0.1, -0.05) is 42.5 Å². The third kappa shape index (κ3) is 4.08. The first-order valence-electron chi connectivity index (χ1n) is 6.50. The Morgan fingerprint density at radius 2 is 1.50 bits per heavy atom. The lowest BCUT2D eigenvalue weighted by Crippen LogP contribution is -2.28. The second-order valence-corrected chi connectivity index (χ2v) is 6.36. The van der Waals surface area contributed by atoms with Crippen molar-refractivity contribution in [1.29, 1.82) is 0 Å². The molecule has 0 saturated carbocycles. The molecule has 1 N–H and O–H groups in total. The van der Waals surface area contributed by atoms with E-state index in [1.165, 1.54) is 6.07 Å². The van der Waals surface area contributed by atoms with E-state index in [1.807, 2.05) is 30.3 Å². The summed E-state index contributed by atoms with van der Waals surface area (Å²) < 4.78 is 65.0. The first-order valence-corrected chi connectivity index (χ1v) is 7.99. The zero-order valence-corrected chi connectivity index (χ0v) is 12.3. The number of rotatable bonds is 5. The van der Waals surface area contributed by atoms with Crippen LogP contribution in [0.4, 0.5) is 13.2 Å². The molecule has 0 saturated heterocycles. The molecular weight excluding hydrogens is 315 g/mol. The van der Waals surface area contributed by atoms with Gasteiger partial charge in [0.15, 0.2) is 0 Å². The normalized spacial score (nSPS) is 12.3. The van der Waals surface area contributed by atoms with Gasteiger partial charge in [0.1, 0.15) is 0 Å². The van der Waals surface area contributed by atoms with Gasteiger partial charge in [0.05, 0.1) is 10.5 Å². The predicted molar refractivity (Wildman–Crippen MR) is 76.8 cm³/mol. The van der Waals surface area contributed by atoms with Crippen molar-refractivity contribution in [3.05, 3.63) is 65.7 Å². The minimum absolute atomic E-state index is 0.0263. The molecule has 3 nitrogen and oxygen atoms in total. The molecule has 22 heavy (non-hydrogen) atoms. The molecule has 2 aromatic carbocycles. The van der Waals surface area contributed by atoms with Crippen LogP contribution in [0.5, 0.6) is 0 Å². The Balaban J connectivity index is 2.14. The van der Waals surface area contributed by atoms with Crippen molar-refractivity contribution in [1.82, 2.24) is 4.72 Å². The zero-order chi connectivity index (χ0) is 16.2. The highest BCUT2D eigenvalue weighted by molar-refractivity contribution is 7.89. The van der Waals surface area contributed by atoms with E-state index in [4.69, 9.17) is 0 Å². The van der Waals surface area contributed by atoms with Gasteiger partial charge in [-0.2, -0.15) is 13.2 Å². The fraction of sp³-hybridized carbons (Fsp3) is 0.200. The van der Waals surface area contributed by atoms with Crippen LogP contribution in [0.15, 0.2) is 59.5 Å². The van der Waals surface area contributed by atoms with Gasteiger partial charge in [0.25, 0.3) is 0 Å². The fourth-order valence-electron chi connectivity index (χ4n) is 1.99. The van der Waals surface area contributed by atoms with Gasteiger partial charge in [-0.05, 0) is 24.1 Å². The van der Waals surface area contributed by atoms with Gasteiger partial charge in [-0.25, -0.2) is 13.1 Å². The molecule has 7 heteroatoms. The van der Waals surface area contributed by atoms with E-state index in [-0.39, 0.29) is 6.54 Å². The van der Waals surface area contributed by atoms with E-state index in [9.17, 15) is 21.6 Å². The SMILES string of the molecule is O=S(=O)(NCCc1ccccc1)c1ccccc1C(F)(F)F. The molecule has 0 aliphatic carbocycles. The van der Waals surface area contributed by atoms with Crippen molar-refractivity contribution in [2.75, 3.05) is 6.54 Å². The topological polar surface area (TPSA) is 46.2 Å². The van der Waals surface area contributed by atoms with Crippen LogP contribution in [0, 0.1) is 0 Å². The Labute approximate surface area is 126 Å². The maximum atomic E-state index is 12.9. The number of nitrogens with one attached hydrogen (secondary N) is 1. The molecular formula is C15H14F3NO2S. The molecule has 0 bridgehead atoms. The van der Waals surface area contributed by atoms with Gasteiger partial charge in [-0.3, -0.25) is 0 Å². The molecule has 0 amide bonds. The standard InChI is InChI=1S/C15H14F3NO2S/c16-15(17,18)13-8-4-5-9-14(13)22(20,21)19-11-10-12-6-2-1-3-7-12/h1-9,19H,10-11H2. The molecule has 0 radical (unpaired) electrons. The Kier molecular flexibility index (Phi) is 4.87. The average Bonchev–Trinajstić information content (AvgIpc) is 2.47. The molecule has 0 fully saturated rings. The first-order chi connectivity index (χ1) is 10.3. The molecule has 0 spiro atoms. The highest BCUT2D eigenvalue weighted by Gasteiger charge is 2.36. The monoisotopic (exact) mass is 329 g/mol. The molecule has 0 aliphatic rings. The quantitative estimate of drug-likeness (QED) is 0.915. The molecule has 0 heterocycles. The van der Waals surface area contributed by atoms with Crippen LogP contribution < -0.4 is 4.72 Å². The van der Waals surface area contributed by atoms with E-state index < -0.39 is 26.7 Å². The summed E-state index contributed by atoms with van der Waals surface area (Å²) in [5, 5.41) is 0. The van der Waals surface area contributed by atoms with Gasteiger partial charge in [0, 0.05) is 6.54 Å². The number of alkyl halides is 3. The molecule has 2 rings (SSSR count). The minimum Gasteiger partial charge on any atom is -0.211 e. The van der Waals surface area contributed by atoms with Crippen LogP contribution in [0.2, 0.25) is 0 Å². The smallest absolute Gasteiger partial charge is 0.211 e. The van der Waals surface area contributed by atoms with Gasteiger partial charge < -0.3 is 0 Å².